The van der Waals surface area contributed by atoms with Crippen molar-refractivity contribution in [2.24, 2.45) is 0 Å². The molecule has 0 bridgehead atoms. The van der Waals surface area contributed by atoms with Crippen molar-refractivity contribution in [3.63, 3.8) is 0 Å². The molecule has 1 aliphatic rings. The molecule has 0 aliphatic carbocycles. The summed E-state index contributed by atoms with van der Waals surface area (Å²) < 4.78 is 2.17. The summed E-state index contributed by atoms with van der Waals surface area (Å²) in [6.07, 6.45) is 3.78. The van der Waals surface area contributed by atoms with E-state index in [1.807, 2.05) is 12.5 Å². The Morgan fingerprint density at radius 1 is 1.50 bits per heavy atom. The van der Waals surface area contributed by atoms with Gasteiger partial charge in [-0.3, -0.25) is 7.05 Å². The second kappa shape index (κ2) is 2.09. The molecule has 0 spiro atoms. The van der Waals surface area contributed by atoms with Gasteiger partial charge >= 0.3 is 0 Å². The van der Waals surface area contributed by atoms with Gasteiger partial charge in [-0.05, 0) is 6.54 Å². The van der Waals surface area contributed by atoms with Crippen LogP contribution >= 0.6 is 0 Å². The molecule has 0 unspecified atom stereocenters. The first-order valence-corrected chi connectivity index (χ1v) is 3.41. The van der Waals surface area contributed by atoms with Crippen LogP contribution in [-0.4, -0.2) is 21.0 Å². The molecular formula is C7H10N3-. The Morgan fingerprint density at radius 2 is 2.40 bits per heavy atom. The normalized spacial score (nSPS) is 18.9. The summed E-state index contributed by atoms with van der Waals surface area (Å²) in [5, 5.41) is 0. The van der Waals surface area contributed by atoms with Crippen LogP contribution in [0.15, 0.2) is 12.5 Å². The molecular weight excluding hydrogens is 126 g/mol. The lowest BCUT2D eigenvalue weighted by Crippen LogP contribution is -2.27. The molecule has 3 nitrogen and oxygen atoms in total. The fraction of sp³-hybridized carbons (Fsp3) is 0.429. The molecule has 1 aliphatic heterocycles. The summed E-state index contributed by atoms with van der Waals surface area (Å²) in [5.41, 5.74) is 1.27. The Balaban J connectivity index is 2.30. The van der Waals surface area contributed by atoms with Crippen molar-refractivity contribution in [3.05, 3.63) is 25.3 Å². The van der Waals surface area contributed by atoms with Crippen molar-refractivity contribution < 1.29 is 0 Å². The van der Waals surface area contributed by atoms with Crippen LogP contribution in [0.2, 0.25) is 0 Å². The summed E-state index contributed by atoms with van der Waals surface area (Å²) in [6, 6.07) is 0. The number of nitrogens with zero attached hydrogens (tertiary/aromatic N) is 3. The molecule has 0 radical (unpaired) electrons. The number of rotatable bonds is 0. The summed E-state index contributed by atoms with van der Waals surface area (Å²) in [7, 11) is 3.87. The van der Waals surface area contributed by atoms with Crippen molar-refractivity contribution >= 4 is 0 Å². The van der Waals surface area contributed by atoms with E-state index in [-0.39, 0.29) is 0 Å². The summed E-state index contributed by atoms with van der Waals surface area (Å²) >= 11 is 0. The van der Waals surface area contributed by atoms with Crippen LogP contribution in [0.4, 0.5) is 0 Å². The third-order valence-electron chi connectivity index (χ3n) is 1.84. The first-order chi connectivity index (χ1) is 4.86. The first-order valence-electron chi connectivity index (χ1n) is 3.41. The van der Waals surface area contributed by atoms with E-state index >= 15 is 0 Å². The van der Waals surface area contributed by atoms with Crippen LogP contribution in [0.5, 0.6) is 0 Å². The quantitative estimate of drug-likeness (QED) is 0.484. The number of imidazole rings is 1. The average molecular weight is 136 g/mol. The van der Waals surface area contributed by atoms with Crippen LogP contribution in [0.3, 0.4) is 0 Å². The maximum Gasteiger partial charge on any atom is 0.0949 e. The summed E-state index contributed by atoms with van der Waals surface area (Å²) in [5.74, 6) is 0. The number of fused-ring (bicyclic) bond motifs is 1. The molecule has 0 fully saturated rings. The zero-order valence-electron chi connectivity index (χ0n) is 5.82. The van der Waals surface area contributed by atoms with Gasteiger partial charge in [0.1, 0.15) is 0 Å². The minimum Gasteiger partial charge on any atom is -0.453 e. The summed E-state index contributed by atoms with van der Waals surface area (Å²) in [6.45, 7) is 2.99. The first kappa shape index (κ1) is 5.92. The average Bonchev–Trinajstić information content (AvgIpc) is 2.33. The highest BCUT2D eigenvalue weighted by atomic mass is 15.2. The minimum atomic E-state index is 0.931. The Kier molecular flexibility index (Phi) is 1.24. The summed E-state index contributed by atoms with van der Waals surface area (Å²) in [4.78, 5) is 6.10. The van der Waals surface area contributed by atoms with Gasteiger partial charge in [-0.25, -0.2) is 4.98 Å². The van der Waals surface area contributed by atoms with Gasteiger partial charge in [0.15, 0.2) is 0 Å². The third kappa shape index (κ3) is 0.827. The maximum absolute atomic E-state index is 4.05. The lowest BCUT2D eigenvalue weighted by molar-refractivity contribution is 0.298. The molecule has 3 heteroatoms. The van der Waals surface area contributed by atoms with E-state index < -0.39 is 0 Å². The van der Waals surface area contributed by atoms with Gasteiger partial charge < -0.3 is 9.47 Å². The number of aromatic nitrogens is 2. The van der Waals surface area contributed by atoms with Crippen LogP contribution in [0.1, 0.15) is 5.69 Å². The van der Waals surface area contributed by atoms with Gasteiger partial charge in [-0.2, -0.15) is 0 Å². The van der Waals surface area contributed by atoms with E-state index in [1.165, 1.54) is 5.69 Å². The molecule has 10 heavy (non-hydrogen) atoms. The van der Waals surface area contributed by atoms with E-state index in [2.05, 4.69) is 21.5 Å². The van der Waals surface area contributed by atoms with Crippen LogP contribution in [-0.2, 0) is 13.1 Å². The predicted molar refractivity (Wildman–Crippen MR) is 38.0 cm³/mol. The molecule has 1 aromatic rings. The highest BCUT2D eigenvalue weighted by molar-refractivity contribution is 5.00. The largest absolute Gasteiger partial charge is 0.453 e. The molecule has 1 aromatic heterocycles. The van der Waals surface area contributed by atoms with Gasteiger partial charge in [0.05, 0.1) is 6.33 Å². The van der Waals surface area contributed by atoms with Crippen molar-refractivity contribution in [2.75, 3.05) is 6.54 Å². The highest BCUT2D eigenvalue weighted by Gasteiger charge is 2.07. The monoisotopic (exact) mass is 136 g/mol. The van der Waals surface area contributed by atoms with Gasteiger partial charge in [0.2, 0.25) is 0 Å². The predicted octanol–water partition coefficient (Wildman–Crippen LogP) is 0.490. The Bertz CT molecular complexity index is 229. The van der Waals surface area contributed by atoms with E-state index in [4.69, 9.17) is 0 Å². The fourth-order valence-corrected chi connectivity index (χ4v) is 1.24. The van der Waals surface area contributed by atoms with E-state index in [0.717, 1.165) is 19.6 Å². The Hall–Kier alpha value is -0.830. The zero-order chi connectivity index (χ0) is 6.97. The molecule has 0 atom stereocenters. The lowest BCUT2D eigenvalue weighted by atomic mass is 10.3. The van der Waals surface area contributed by atoms with Crippen molar-refractivity contribution in [3.8, 4) is 0 Å². The zero-order valence-corrected chi connectivity index (χ0v) is 5.82. The minimum absolute atomic E-state index is 0.931. The van der Waals surface area contributed by atoms with E-state index in [9.17, 15) is 0 Å². The number of hydrogen-bond acceptors (Lipinski definition) is 2. The molecule has 54 valence electrons. The topological polar surface area (TPSA) is 21.1 Å². The van der Waals surface area contributed by atoms with Crippen LogP contribution in [0.25, 0.3) is 0 Å². The molecule has 0 aromatic carbocycles. The lowest BCUT2D eigenvalue weighted by Gasteiger charge is -2.30. The number of hydrogen-bond donors (Lipinski definition) is 0. The van der Waals surface area contributed by atoms with Crippen molar-refractivity contribution in [1.82, 2.24) is 14.5 Å². The molecule has 0 saturated heterocycles. The van der Waals surface area contributed by atoms with Gasteiger partial charge in [0.25, 0.3) is 0 Å². The van der Waals surface area contributed by atoms with Crippen LogP contribution in [0, 0.1) is 7.05 Å². The molecule has 0 N–H and O–H groups in total. The molecule has 0 saturated carbocycles. The molecule has 2 rings (SSSR count). The van der Waals surface area contributed by atoms with Gasteiger partial charge in [0, 0.05) is 25.0 Å². The highest BCUT2D eigenvalue weighted by Crippen LogP contribution is 2.08. The van der Waals surface area contributed by atoms with Crippen molar-refractivity contribution in [1.29, 1.82) is 0 Å². The van der Waals surface area contributed by atoms with E-state index in [1.54, 1.807) is 0 Å². The molecule has 2 heterocycles. The third-order valence-corrected chi connectivity index (χ3v) is 1.84. The second-order valence-corrected chi connectivity index (χ2v) is 2.63. The Labute approximate surface area is 60.3 Å². The Morgan fingerprint density at radius 3 is 3.30 bits per heavy atom. The second-order valence-electron chi connectivity index (χ2n) is 2.63. The molecule has 0 amide bonds. The van der Waals surface area contributed by atoms with Gasteiger partial charge in [-0.1, -0.05) is 0 Å². The van der Waals surface area contributed by atoms with Crippen molar-refractivity contribution in [2.45, 2.75) is 13.1 Å². The maximum atomic E-state index is 4.05. The smallest absolute Gasteiger partial charge is 0.0949 e. The van der Waals surface area contributed by atoms with Crippen LogP contribution < -0.4 is 0 Å². The standard InChI is InChI=1S/C7H10N3/c1-9-2-3-10-6-8-4-7(10)5-9/h4,6H,1-3,5H2/q-1. The SMILES string of the molecule is [CH2-]N1CCn2cncc2C1. The van der Waals surface area contributed by atoms with Gasteiger partial charge in [-0.15, -0.1) is 0 Å². The van der Waals surface area contributed by atoms with E-state index in [0.29, 0.717) is 0 Å². The fourth-order valence-electron chi connectivity index (χ4n) is 1.24.